The number of hydrogen-bond donors (Lipinski definition) is 0. The number of allylic oxidation sites excluding steroid dienone is 1. The third kappa shape index (κ3) is 6.90. The van der Waals surface area contributed by atoms with Crippen LogP contribution >= 0.6 is 23.5 Å². The predicted octanol–water partition coefficient (Wildman–Crippen LogP) is 2.99. The predicted molar refractivity (Wildman–Crippen MR) is 69.4 cm³/mol. The molecule has 1 rings (SSSR count). The molecule has 0 aromatic carbocycles. The zero-order chi connectivity index (χ0) is 12.6. The second kappa shape index (κ2) is 8.65. The highest BCUT2D eigenvalue weighted by molar-refractivity contribution is 7.99. The Morgan fingerprint density at radius 3 is 2.12 bits per heavy atom. The maximum atomic E-state index is 10.4. The highest BCUT2D eigenvalue weighted by atomic mass is 35.5. The van der Waals surface area contributed by atoms with Crippen molar-refractivity contribution in [3.8, 4) is 0 Å². The van der Waals surface area contributed by atoms with Crippen LogP contribution in [0.25, 0.3) is 0 Å². The Hall–Kier alpha value is -0.480. The molecule has 3 nitrogen and oxygen atoms in total. The van der Waals surface area contributed by atoms with Crippen LogP contribution in [-0.4, -0.2) is 27.7 Å². The molecule has 0 spiro atoms. The maximum absolute atomic E-state index is 10.4. The lowest BCUT2D eigenvalue weighted by atomic mass is 10.3. The van der Waals surface area contributed by atoms with Crippen LogP contribution in [-0.2, 0) is 9.59 Å². The first-order valence-corrected chi connectivity index (χ1v) is 6.71. The zero-order valence-electron chi connectivity index (χ0n) is 9.96. The van der Waals surface area contributed by atoms with Crippen LogP contribution in [0.4, 0.5) is 0 Å². The summed E-state index contributed by atoms with van der Waals surface area (Å²) in [6, 6.07) is 0. The van der Waals surface area contributed by atoms with E-state index in [4.69, 9.17) is 11.8 Å². The minimum Gasteiger partial charge on any atom is -0.273 e. The molecule has 0 bridgehead atoms. The third-order valence-corrected chi connectivity index (χ3v) is 2.99. The molecule has 0 saturated carbocycles. The highest BCUT2D eigenvalue weighted by Gasteiger charge is 2.26. The van der Waals surface area contributed by atoms with Crippen LogP contribution in [0.15, 0.2) is 11.6 Å². The number of carbonyl (C=O) groups excluding carboxylic acids is 2. The largest absolute Gasteiger partial charge is 0.273 e. The van der Waals surface area contributed by atoms with E-state index in [1.807, 2.05) is 11.8 Å². The minimum absolute atomic E-state index is 0.266. The van der Waals surface area contributed by atoms with Gasteiger partial charge in [-0.3, -0.25) is 9.59 Å². The number of carbonyl (C=O) groups is 2. The summed E-state index contributed by atoms with van der Waals surface area (Å²) in [7, 11) is 0. The Morgan fingerprint density at radius 1 is 1.38 bits per heavy atom. The van der Waals surface area contributed by atoms with Gasteiger partial charge in [-0.1, -0.05) is 18.6 Å². The van der Waals surface area contributed by atoms with E-state index < -0.39 is 0 Å². The molecule has 0 aromatic heterocycles. The minimum atomic E-state index is -0.295. The van der Waals surface area contributed by atoms with Crippen LogP contribution < -0.4 is 0 Å². The lowest BCUT2D eigenvalue weighted by Gasteiger charge is -1.96. The fraction of sp³-hybridized carbons (Fsp3) is 0.636. The highest BCUT2D eigenvalue weighted by Crippen LogP contribution is 2.12. The molecule has 92 valence electrons. The molecule has 16 heavy (non-hydrogen) atoms. The summed E-state index contributed by atoms with van der Waals surface area (Å²) in [6.07, 6.45) is 2.79. The van der Waals surface area contributed by atoms with Gasteiger partial charge in [0.25, 0.3) is 0 Å². The first-order valence-electron chi connectivity index (χ1n) is 5.21. The lowest BCUT2D eigenvalue weighted by Crippen LogP contribution is -2.16. The van der Waals surface area contributed by atoms with Crippen molar-refractivity contribution in [2.24, 2.45) is 0 Å². The molecular formula is C11H18ClNO2S. The molecule has 0 aromatic rings. The second-order valence-corrected chi connectivity index (χ2v) is 5.17. The van der Waals surface area contributed by atoms with Crippen molar-refractivity contribution >= 4 is 35.4 Å². The molecule has 1 aliphatic heterocycles. The Bertz CT molecular complexity index is 259. The number of amides is 2. The van der Waals surface area contributed by atoms with Gasteiger partial charge in [0.15, 0.2) is 0 Å². The molecule has 0 aliphatic carbocycles. The van der Waals surface area contributed by atoms with Gasteiger partial charge in [-0.05, 0) is 19.6 Å². The molecule has 5 heteroatoms. The molecule has 0 N–H and O–H groups in total. The first kappa shape index (κ1) is 15.5. The first-order chi connectivity index (χ1) is 7.49. The van der Waals surface area contributed by atoms with E-state index in [9.17, 15) is 9.59 Å². The van der Waals surface area contributed by atoms with Gasteiger partial charge in [0.05, 0.1) is 0 Å². The quantitative estimate of drug-likeness (QED) is 0.340. The van der Waals surface area contributed by atoms with Crippen LogP contribution in [0, 0.1) is 0 Å². The van der Waals surface area contributed by atoms with Gasteiger partial charge in [-0.2, -0.15) is 16.2 Å². The summed E-state index contributed by atoms with van der Waals surface area (Å²) in [5.41, 5.74) is 1.42. The van der Waals surface area contributed by atoms with Crippen molar-refractivity contribution in [3.63, 3.8) is 0 Å². The Morgan fingerprint density at radius 2 is 1.88 bits per heavy atom. The molecule has 2 amide bonds. The van der Waals surface area contributed by atoms with E-state index >= 15 is 0 Å². The maximum Gasteiger partial charge on any atom is 0.244 e. The molecule has 0 unspecified atom stereocenters. The Labute approximate surface area is 106 Å². The lowest BCUT2D eigenvalue weighted by molar-refractivity contribution is -0.132. The van der Waals surface area contributed by atoms with Crippen LogP contribution in [0.2, 0.25) is 0 Å². The molecule has 1 aliphatic rings. The monoisotopic (exact) mass is 263 g/mol. The van der Waals surface area contributed by atoms with E-state index in [1.54, 1.807) is 0 Å². The number of imide groups is 1. The summed E-state index contributed by atoms with van der Waals surface area (Å²) in [4.78, 5) is 20.7. The molecular weight excluding hydrogens is 246 g/mol. The van der Waals surface area contributed by atoms with Gasteiger partial charge in [-0.15, -0.1) is 0 Å². The standard InChI is InChI=1S/C7H14S.C4H4ClNO2/c1-4-8-6-5-7(2)3;5-6-3(7)1-2-4(6)8/h5H,4,6H2,1-3H3;1-2H2. The average Bonchev–Trinajstić information content (AvgIpc) is 2.51. The topological polar surface area (TPSA) is 37.4 Å². The van der Waals surface area contributed by atoms with Crippen molar-refractivity contribution in [3.05, 3.63) is 11.6 Å². The third-order valence-electron chi connectivity index (χ3n) is 1.80. The molecule has 0 radical (unpaired) electrons. The number of halogens is 1. The fourth-order valence-electron chi connectivity index (χ4n) is 0.893. The van der Waals surface area contributed by atoms with E-state index in [0.29, 0.717) is 4.42 Å². The summed E-state index contributed by atoms with van der Waals surface area (Å²) >= 11 is 7.11. The van der Waals surface area contributed by atoms with E-state index in [1.165, 1.54) is 17.1 Å². The fourth-order valence-corrected chi connectivity index (χ4v) is 1.75. The van der Waals surface area contributed by atoms with Crippen molar-refractivity contribution < 1.29 is 9.59 Å². The van der Waals surface area contributed by atoms with Gasteiger partial charge >= 0.3 is 0 Å². The summed E-state index contributed by atoms with van der Waals surface area (Å²) in [6.45, 7) is 6.45. The average molecular weight is 264 g/mol. The van der Waals surface area contributed by atoms with Gasteiger partial charge in [0, 0.05) is 30.4 Å². The molecule has 1 fully saturated rings. The van der Waals surface area contributed by atoms with Gasteiger partial charge < -0.3 is 0 Å². The van der Waals surface area contributed by atoms with Crippen LogP contribution in [0.1, 0.15) is 33.6 Å². The second-order valence-electron chi connectivity index (χ2n) is 3.51. The summed E-state index contributed by atoms with van der Waals surface area (Å²) < 4.78 is 0.639. The van der Waals surface area contributed by atoms with Gasteiger partial charge in [0.1, 0.15) is 0 Å². The Kier molecular flexibility index (Phi) is 8.39. The smallest absolute Gasteiger partial charge is 0.244 e. The Balaban J connectivity index is 0.000000281. The number of thioether (sulfide) groups is 1. The van der Waals surface area contributed by atoms with Crippen LogP contribution in [0.5, 0.6) is 0 Å². The van der Waals surface area contributed by atoms with Gasteiger partial charge in [0.2, 0.25) is 11.8 Å². The van der Waals surface area contributed by atoms with Crippen molar-refractivity contribution in [2.75, 3.05) is 11.5 Å². The number of hydrogen-bond acceptors (Lipinski definition) is 3. The van der Waals surface area contributed by atoms with Crippen LogP contribution in [0.3, 0.4) is 0 Å². The number of rotatable bonds is 3. The van der Waals surface area contributed by atoms with E-state index in [2.05, 4.69) is 26.8 Å². The summed E-state index contributed by atoms with van der Waals surface area (Å²) in [5.74, 6) is 1.82. The summed E-state index contributed by atoms with van der Waals surface area (Å²) in [5, 5.41) is 0. The van der Waals surface area contributed by atoms with Gasteiger partial charge in [-0.25, -0.2) is 0 Å². The number of nitrogens with zero attached hydrogens (tertiary/aromatic N) is 1. The van der Waals surface area contributed by atoms with Crippen molar-refractivity contribution in [1.29, 1.82) is 0 Å². The zero-order valence-corrected chi connectivity index (χ0v) is 11.5. The molecule has 1 heterocycles. The molecule has 0 atom stereocenters. The molecule has 1 saturated heterocycles. The normalized spacial score (nSPS) is 14.6. The van der Waals surface area contributed by atoms with Crippen molar-refractivity contribution in [1.82, 2.24) is 4.42 Å². The van der Waals surface area contributed by atoms with E-state index in [0.717, 1.165) is 0 Å². The van der Waals surface area contributed by atoms with Crippen molar-refractivity contribution in [2.45, 2.75) is 33.6 Å². The SMILES string of the molecule is CCSCC=C(C)C.O=C1CCC(=O)N1Cl. The van der Waals surface area contributed by atoms with E-state index in [-0.39, 0.29) is 24.7 Å².